The van der Waals surface area contributed by atoms with Crippen molar-refractivity contribution >= 4 is 27.7 Å². The van der Waals surface area contributed by atoms with Gasteiger partial charge in [-0.3, -0.25) is 14.5 Å². The Labute approximate surface area is 159 Å². The molecule has 1 aliphatic rings. The Morgan fingerprint density at radius 3 is 2.30 bits per heavy atom. The molecule has 148 valence electrons. The lowest BCUT2D eigenvalue weighted by Crippen LogP contribution is -2.44. The van der Waals surface area contributed by atoms with E-state index in [1.54, 1.807) is 23.1 Å². The van der Waals surface area contributed by atoms with E-state index in [1.165, 1.54) is 13.0 Å². The zero-order valence-corrected chi connectivity index (χ0v) is 16.9. The van der Waals surface area contributed by atoms with Crippen LogP contribution in [0.4, 0.5) is 0 Å². The molecule has 1 N–H and O–H groups in total. The normalized spacial score (nSPS) is 17.5. The van der Waals surface area contributed by atoms with Crippen molar-refractivity contribution in [1.82, 2.24) is 9.62 Å². The first-order valence-electron chi connectivity index (χ1n) is 8.72. The van der Waals surface area contributed by atoms with Crippen molar-refractivity contribution in [3.8, 4) is 0 Å². The van der Waals surface area contributed by atoms with Crippen molar-refractivity contribution in [2.45, 2.75) is 57.6 Å². The molecule has 1 amide bonds. The molecule has 9 heteroatoms. The largest absolute Gasteiger partial charge is 0.454 e. The molecular formula is C18H25N3O5S. The van der Waals surface area contributed by atoms with Crippen LogP contribution in [0.15, 0.2) is 34.2 Å². The first-order valence-corrected chi connectivity index (χ1v) is 10.2. The number of hydrogen-bond donors (Lipinski definition) is 1. The monoisotopic (exact) mass is 395 g/mol. The number of amides is 1. The molecule has 1 aromatic carbocycles. The Kier molecular flexibility index (Phi) is 6.25. The second kappa shape index (κ2) is 8.08. The number of hydrogen-bond acceptors (Lipinski definition) is 6. The Hall–Kier alpha value is -2.42. The lowest BCUT2D eigenvalue weighted by atomic mass is 10.2. The minimum absolute atomic E-state index is 0.0155. The number of aliphatic imine (C=N–C) groups is 1. The summed E-state index contributed by atoms with van der Waals surface area (Å²) in [7, 11) is -3.68. The molecule has 1 heterocycles. The average Bonchev–Trinajstić information content (AvgIpc) is 2.83. The van der Waals surface area contributed by atoms with Crippen molar-refractivity contribution in [2.75, 3.05) is 6.61 Å². The van der Waals surface area contributed by atoms with E-state index in [1.807, 2.05) is 27.7 Å². The number of nitrogens with one attached hydrogen (secondary N) is 1. The molecule has 0 aliphatic carbocycles. The van der Waals surface area contributed by atoms with Crippen LogP contribution in [0.3, 0.4) is 0 Å². The quantitative estimate of drug-likeness (QED) is 0.731. The SMILES string of the molecule is CC(C)N(C(=O)COC(=O)[C@H](C)N=C1NS(=O)(=O)c2ccccc21)C(C)C. The third-order valence-electron chi connectivity index (χ3n) is 4.07. The van der Waals surface area contributed by atoms with E-state index < -0.39 is 22.0 Å². The zero-order chi connectivity index (χ0) is 20.4. The molecule has 0 bridgehead atoms. The number of fused-ring (bicyclic) bond motifs is 1. The predicted octanol–water partition coefficient (Wildman–Crippen LogP) is 1.30. The van der Waals surface area contributed by atoms with Crippen LogP contribution in [0.1, 0.15) is 40.2 Å². The highest BCUT2D eigenvalue weighted by Gasteiger charge is 2.31. The van der Waals surface area contributed by atoms with Gasteiger partial charge in [0.2, 0.25) is 0 Å². The van der Waals surface area contributed by atoms with Gasteiger partial charge in [-0.05, 0) is 46.8 Å². The first-order chi connectivity index (χ1) is 12.5. The van der Waals surface area contributed by atoms with Crippen LogP contribution in [-0.2, 0) is 24.3 Å². The number of sulfonamides is 1. The van der Waals surface area contributed by atoms with Crippen molar-refractivity contribution in [2.24, 2.45) is 4.99 Å². The van der Waals surface area contributed by atoms with Crippen molar-refractivity contribution in [1.29, 1.82) is 0 Å². The molecule has 1 aromatic rings. The Morgan fingerprint density at radius 2 is 1.70 bits per heavy atom. The summed E-state index contributed by atoms with van der Waals surface area (Å²) in [4.78, 5) is 30.3. The highest BCUT2D eigenvalue weighted by molar-refractivity contribution is 7.90. The minimum Gasteiger partial charge on any atom is -0.454 e. The third kappa shape index (κ3) is 4.65. The summed E-state index contributed by atoms with van der Waals surface area (Å²) in [6.07, 6.45) is 0. The molecule has 2 rings (SSSR count). The Morgan fingerprint density at radius 1 is 1.11 bits per heavy atom. The Bertz CT molecular complexity index is 854. The number of nitrogens with zero attached hydrogens (tertiary/aromatic N) is 2. The lowest BCUT2D eigenvalue weighted by molar-refractivity contribution is -0.154. The maximum absolute atomic E-state index is 12.3. The second-order valence-corrected chi connectivity index (χ2v) is 8.50. The summed E-state index contributed by atoms with van der Waals surface area (Å²) in [5, 5.41) is 0. The van der Waals surface area contributed by atoms with Gasteiger partial charge in [-0.1, -0.05) is 12.1 Å². The van der Waals surface area contributed by atoms with Gasteiger partial charge in [0.1, 0.15) is 11.9 Å². The summed E-state index contributed by atoms with van der Waals surface area (Å²) in [6, 6.07) is 5.37. The number of esters is 1. The number of carbonyl (C=O) groups is 2. The number of amidine groups is 1. The smallest absolute Gasteiger partial charge is 0.331 e. The fourth-order valence-electron chi connectivity index (χ4n) is 2.98. The second-order valence-electron chi connectivity index (χ2n) is 6.85. The van der Waals surface area contributed by atoms with E-state index in [2.05, 4.69) is 9.71 Å². The van der Waals surface area contributed by atoms with Gasteiger partial charge in [0.15, 0.2) is 6.61 Å². The minimum atomic E-state index is -3.68. The Balaban J connectivity index is 2.07. The van der Waals surface area contributed by atoms with Gasteiger partial charge in [0.05, 0.1) is 4.90 Å². The van der Waals surface area contributed by atoms with Crippen molar-refractivity contribution in [3.05, 3.63) is 29.8 Å². The van der Waals surface area contributed by atoms with Crippen LogP contribution >= 0.6 is 0 Å². The fraction of sp³-hybridized carbons (Fsp3) is 0.500. The van der Waals surface area contributed by atoms with Gasteiger partial charge in [-0.2, -0.15) is 0 Å². The first kappa shape index (κ1) is 20.9. The molecule has 1 atom stereocenters. The average molecular weight is 395 g/mol. The molecule has 27 heavy (non-hydrogen) atoms. The number of carbonyl (C=O) groups excluding carboxylic acids is 2. The van der Waals surface area contributed by atoms with Gasteiger partial charge in [-0.15, -0.1) is 0 Å². The van der Waals surface area contributed by atoms with E-state index >= 15 is 0 Å². The van der Waals surface area contributed by atoms with Crippen LogP contribution in [0.5, 0.6) is 0 Å². The molecule has 0 spiro atoms. The van der Waals surface area contributed by atoms with Crippen LogP contribution in [0, 0.1) is 0 Å². The molecule has 0 saturated heterocycles. The standard InChI is InChI=1S/C18H25N3O5S/c1-11(2)21(12(3)4)16(22)10-26-18(23)13(5)19-17-14-8-6-7-9-15(14)27(24,25)20-17/h6-9,11-13H,10H2,1-5H3,(H,19,20)/t13-/m0/s1. The molecular weight excluding hydrogens is 370 g/mol. The molecule has 0 radical (unpaired) electrons. The van der Waals surface area contributed by atoms with E-state index in [4.69, 9.17) is 4.74 Å². The van der Waals surface area contributed by atoms with Crippen LogP contribution in [-0.4, -0.2) is 55.8 Å². The zero-order valence-electron chi connectivity index (χ0n) is 16.1. The van der Waals surface area contributed by atoms with E-state index in [0.717, 1.165) is 0 Å². The van der Waals surface area contributed by atoms with Gasteiger partial charge >= 0.3 is 5.97 Å². The van der Waals surface area contributed by atoms with Crippen LogP contribution in [0.2, 0.25) is 0 Å². The van der Waals surface area contributed by atoms with Gasteiger partial charge < -0.3 is 9.64 Å². The fourth-order valence-corrected chi connectivity index (χ4v) is 4.22. The maximum atomic E-state index is 12.3. The number of ether oxygens (including phenoxy) is 1. The molecule has 0 aromatic heterocycles. The molecule has 8 nitrogen and oxygen atoms in total. The molecule has 1 aliphatic heterocycles. The summed E-state index contributed by atoms with van der Waals surface area (Å²) >= 11 is 0. The van der Waals surface area contributed by atoms with Crippen LogP contribution in [0.25, 0.3) is 0 Å². The molecule has 0 fully saturated rings. The number of benzene rings is 1. The van der Waals surface area contributed by atoms with Crippen LogP contribution < -0.4 is 4.72 Å². The lowest BCUT2D eigenvalue weighted by Gasteiger charge is -2.30. The van der Waals surface area contributed by atoms with Crippen molar-refractivity contribution < 1.29 is 22.7 Å². The summed E-state index contributed by atoms with van der Waals surface area (Å²) in [6.45, 7) is 8.65. The van der Waals surface area contributed by atoms with E-state index in [9.17, 15) is 18.0 Å². The van der Waals surface area contributed by atoms with E-state index in [0.29, 0.717) is 5.56 Å². The maximum Gasteiger partial charge on any atom is 0.331 e. The van der Waals surface area contributed by atoms with Crippen molar-refractivity contribution in [3.63, 3.8) is 0 Å². The highest BCUT2D eigenvalue weighted by Crippen LogP contribution is 2.22. The van der Waals surface area contributed by atoms with Gasteiger partial charge in [0.25, 0.3) is 15.9 Å². The van der Waals surface area contributed by atoms with Gasteiger partial charge in [-0.25, -0.2) is 13.2 Å². The van der Waals surface area contributed by atoms with E-state index in [-0.39, 0.29) is 35.3 Å². The van der Waals surface area contributed by atoms with Gasteiger partial charge in [0, 0.05) is 17.6 Å². The topological polar surface area (TPSA) is 105 Å². The summed E-state index contributed by atoms with van der Waals surface area (Å²) < 4.78 is 31.6. The summed E-state index contributed by atoms with van der Waals surface area (Å²) in [5.74, 6) is -0.903. The highest BCUT2D eigenvalue weighted by atomic mass is 32.2. The molecule has 0 saturated carbocycles. The predicted molar refractivity (Wildman–Crippen MR) is 101 cm³/mol. The molecule has 0 unspecified atom stereocenters. The third-order valence-corrected chi connectivity index (χ3v) is 5.46. The number of rotatable bonds is 6. The summed E-state index contributed by atoms with van der Waals surface area (Å²) in [5.41, 5.74) is 0.402.